The van der Waals surface area contributed by atoms with Gasteiger partial charge in [0.15, 0.2) is 17.5 Å². The summed E-state index contributed by atoms with van der Waals surface area (Å²) in [5.41, 5.74) is 3.25. The van der Waals surface area contributed by atoms with Crippen LogP contribution in [0.1, 0.15) is 16.7 Å². The fourth-order valence-corrected chi connectivity index (χ4v) is 2.84. The van der Waals surface area contributed by atoms with Crippen LogP contribution >= 0.6 is 24.0 Å². The van der Waals surface area contributed by atoms with Gasteiger partial charge in [-0.25, -0.2) is 4.39 Å². The molecule has 0 atom stereocenters. The predicted octanol–water partition coefficient (Wildman–Crippen LogP) is 3.72. The van der Waals surface area contributed by atoms with E-state index < -0.39 is 0 Å². The molecule has 0 aromatic heterocycles. The van der Waals surface area contributed by atoms with E-state index in [4.69, 9.17) is 9.47 Å². The third-order valence-electron chi connectivity index (χ3n) is 4.37. The van der Waals surface area contributed by atoms with E-state index in [1.165, 1.54) is 6.07 Å². The maximum Gasteiger partial charge on any atom is 0.190 e. The molecule has 0 saturated heterocycles. The second-order valence-corrected chi connectivity index (χ2v) is 6.19. The molecule has 28 heavy (non-hydrogen) atoms. The molecule has 0 amide bonds. The summed E-state index contributed by atoms with van der Waals surface area (Å²) in [6.07, 6.45) is 1.64. The molecule has 0 fully saturated rings. The van der Waals surface area contributed by atoms with Crippen LogP contribution in [0.2, 0.25) is 0 Å². The summed E-state index contributed by atoms with van der Waals surface area (Å²) in [6, 6.07) is 10.8. The molecule has 2 N–H and O–H groups in total. The molecule has 0 saturated carbocycles. The minimum atomic E-state index is -0.197. The number of guanidine groups is 1. The van der Waals surface area contributed by atoms with Gasteiger partial charge in [-0.2, -0.15) is 0 Å². The van der Waals surface area contributed by atoms with Gasteiger partial charge in [-0.15, -0.1) is 24.0 Å². The maximum atomic E-state index is 13.2. The number of aryl methyl sites for hydroxylation is 1. The molecule has 2 aromatic rings. The molecule has 5 nitrogen and oxygen atoms in total. The molecule has 0 unspecified atom stereocenters. The average Bonchev–Trinajstić information content (AvgIpc) is 2.68. The molecule has 7 heteroatoms. The van der Waals surface area contributed by atoms with Crippen molar-refractivity contribution < 1.29 is 13.9 Å². The van der Waals surface area contributed by atoms with Gasteiger partial charge in [0.2, 0.25) is 0 Å². The van der Waals surface area contributed by atoms with Crippen molar-refractivity contribution in [2.45, 2.75) is 19.8 Å². The molecule has 0 aliphatic rings. The van der Waals surface area contributed by atoms with Gasteiger partial charge in [0.05, 0.1) is 14.2 Å². The van der Waals surface area contributed by atoms with E-state index in [1.54, 1.807) is 27.3 Å². The number of hydrogen-bond acceptors (Lipinski definition) is 3. The van der Waals surface area contributed by atoms with Crippen LogP contribution in [0.25, 0.3) is 0 Å². The Kier molecular flexibility index (Phi) is 10.7. The van der Waals surface area contributed by atoms with Gasteiger partial charge >= 0.3 is 0 Å². The Morgan fingerprint density at radius 2 is 1.64 bits per heavy atom. The van der Waals surface area contributed by atoms with Gasteiger partial charge in [0.25, 0.3) is 0 Å². The highest BCUT2D eigenvalue weighted by Gasteiger charge is 2.05. The zero-order valence-electron chi connectivity index (χ0n) is 16.8. The Morgan fingerprint density at radius 1 is 0.964 bits per heavy atom. The summed E-state index contributed by atoms with van der Waals surface area (Å²) in [5, 5.41) is 6.59. The van der Waals surface area contributed by atoms with Crippen LogP contribution in [0.4, 0.5) is 4.39 Å². The van der Waals surface area contributed by atoms with Crippen LogP contribution in [-0.4, -0.2) is 40.3 Å². The molecular formula is C21H29FIN3O2. The second kappa shape index (κ2) is 12.4. The van der Waals surface area contributed by atoms with E-state index in [9.17, 15) is 4.39 Å². The van der Waals surface area contributed by atoms with Gasteiger partial charge in [0.1, 0.15) is 5.82 Å². The lowest BCUT2D eigenvalue weighted by Gasteiger charge is -2.13. The van der Waals surface area contributed by atoms with E-state index in [0.717, 1.165) is 60.1 Å². The van der Waals surface area contributed by atoms with Crippen LogP contribution < -0.4 is 20.1 Å². The lowest BCUT2D eigenvalue weighted by atomic mass is 10.1. The van der Waals surface area contributed by atoms with Crippen molar-refractivity contribution in [2.75, 3.05) is 34.4 Å². The topological polar surface area (TPSA) is 54.9 Å². The highest BCUT2D eigenvalue weighted by atomic mass is 127. The molecule has 0 spiro atoms. The van der Waals surface area contributed by atoms with Crippen LogP contribution in [0.5, 0.6) is 11.5 Å². The fraction of sp³-hybridized carbons (Fsp3) is 0.381. The summed E-state index contributed by atoms with van der Waals surface area (Å²) in [6.45, 7) is 3.39. The summed E-state index contributed by atoms with van der Waals surface area (Å²) in [4.78, 5) is 4.24. The van der Waals surface area contributed by atoms with E-state index >= 15 is 0 Å². The lowest BCUT2D eigenvalue weighted by Crippen LogP contribution is -2.39. The first kappa shape index (κ1) is 24.0. The molecular weight excluding hydrogens is 472 g/mol. The van der Waals surface area contributed by atoms with Crippen molar-refractivity contribution in [2.24, 2.45) is 4.99 Å². The van der Waals surface area contributed by atoms with Gasteiger partial charge in [0, 0.05) is 20.1 Å². The Morgan fingerprint density at radius 3 is 2.25 bits per heavy atom. The van der Waals surface area contributed by atoms with E-state index in [-0.39, 0.29) is 29.8 Å². The Bertz CT molecular complexity index is 784. The van der Waals surface area contributed by atoms with Gasteiger partial charge in [-0.1, -0.05) is 12.1 Å². The maximum absolute atomic E-state index is 13.2. The van der Waals surface area contributed by atoms with Crippen LogP contribution in [0.3, 0.4) is 0 Å². The average molecular weight is 501 g/mol. The first-order valence-electron chi connectivity index (χ1n) is 8.97. The van der Waals surface area contributed by atoms with Crippen molar-refractivity contribution >= 4 is 29.9 Å². The number of hydrogen-bond donors (Lipinski definition) is 2. The number of rotatable bonds is 8. The summed E-state index contributed by atoms with van der Waals surface area (Å²) in [5.74, 6) is 2.00. The molecule has 2 aromatic carbocycles. The molecule has 0 heterocycles. The highest BCUT2D eigenvalue weighted by Crippen LogP contribution is 2.27. The molecule has 0 radical (unpaired) electrons. The standard InChI is InChI=1S/C21H28FN3O2.HI/c1-15-13-18(22)7-6-17(15)10-12-25-21(23-2)24-11-9-16-5-8-19(26-3)20(14-16)27-4;/h5-8,13-14H,9-12H2,1-4H3,(H2,23,24,25);1H. The zero-order valence-corrected chi connectivity index (χ0v) is 19.2. The largest absolute Gasteiger partial charge is 0.493 e. The van der Waals surface area contributed by atoms with Crippen molar-refractivity contribution in [3.05, 3.63) is 58.9 Å². The highest BCUT2D eigenvalue weighted by molar-refractivity contribution is 14.0. The number of ether oxygens (including phenoxy) is 2. The Balaban J connectivity index is 0.00000392. The van der Waals surface area contributed by atoms with E-state index in [1.807, 2.05) is 31.2 Å². The SMILES string of the molecule is CN=C(NCCc1ccc(OC)c(OC)c1)NCCc1ccc(F)cc1C.I. The van der Waals surface area contributed by atoms with Gasteiger partial charge < -0.3 is 20.1 Å². The summed E-state index contributed by atoms with van der Waals surface area (Å²) in [7, 11) is 5.01. The second-order valence-electron chi connectivity index (χ2n) is 6.19. The van der Waals surface area contributed by atoms with E-state index in [0.29, 0.717) is 0 Å². The molecule has 0 aliphatic carbocycles. The third kappa shape index (κ3) is 7.18. The number of nitrogens with zero attached hydrogens (tertiary/aromatic N) is 1. The summed E-state index contributed by atoms with van der Waals surface area (Å²) < 4.78 is 23.8. The minimum absolute atomic E-state index is 0. The van der Waals surface area contributed by atoms with Crippen LogP contribution in [0, 0.1) is 12.7 Å². The Hall–Kier alpha value is -2.03. The minimum Gasteiger partial charge on any atom is -0.493 e. The van der Waals surface area contributed by atoms with Crippen molar-refractivity contribution in [3.8, 4) is 11.5 Å². The van der Waals surface area contributed by atoms with Crippen molar-refractivity contribution in [1.29, 1.82) is 0 Å². The number of methoxy groups -OCH3 is 2. The fourth-order valence-electron chi connectivity index (χ4n) is 2.84. The van der Waals surface area contributed by atoms with Gasteiger partial charge in [-0.05, 0) is 60.7 Å². The number of halogens is 2. The van der Waals surface area contributed by atoms with Crippen molar-refractivity contribution in [3.63, 3.8) is 0 Å². The predicted molar refractivity (Wildman–Crippen MR) is 123 cm³/mol. The molecule has 2 rings (SSSR count). The summed E-state index contributed by atoms with van der Waals surface area (Å²) >= 11 is 0. The lowest BCUT2D eigenvalue weighted by molar-refractivity contribution is 0.354. The van der Waals surface area contributed by atoms with Crippen molar-refractivity contribution in [1.82, 2.24) is 10.6 Å². The smallest absolute Gasteiger partial charge is 0.190 e. The number of benzene rings is 2. The van der Waals surface area contributed by atoms with Gasteiger partial charge in [-0.3, -0.25) is 4.99 Å². The Labute approximate surface area is 183 Å². The van der Waals surface area contributed by atoms with Crippen LogP contribution in [-0.2, 0) is 12.8 Å². The third-order valence-corrected chi connectivity index (χ3v) is 4.37. The first-order valence-corrected chi connectivity index (χ1v) is 8.97. The number of nitrogens with one attached hydrogen (secondary N) is 2. The monoisotopic (exact) mass is 501 g/mol. The zero-order chi connectivity index (χ0) is 19.6. The molecule has 0 aliphatic heterocycles. The van der Waals surface area contributed by atoms with E-state index in [2.05, 4.69) is 15.6 Å². The number of aliphatic imine (C=N–C) groups is 1. The molecule has 154 valence electrons. The van der Waals surface area contributed by atoms with Crippen LogP contribution in [0.15, 0.2) is 41.4 Å². The first-order chi connectivity index (χ1) is 13.1. The quantitative estimate of drug-likeness (QED) is 0.329. The normalized spacial score (nSPS) is 10.8. The molecule has 0 bridgehead atoms.